The van der Waals surface area contributed by atoms with E-state index < -0.39 is 17.0 Å². The fourth-order valence-electron chi connectivity index (χ4n) is 3.08. The van der Waals surface area contributed by atoms with Crippen molar-refractivity contribution in [2.75, 3.05) is 12.4 Å². The molecule has 0 aliphatic carbocycles. The second-order valence-corrected chi connectivity index (χ2v) is 7.29. The first-order valence-corrected chi connectivity index (χ1v) is 9.52. The van der Waals surface area contributed by atoms with Gasteiger partial charge in [-0.15, -0.1) is 0 Å². The van der Waals surface area contributed by atoms with Gasteiger partial charge in [0, 0.05) is 18.0 Å². The van der Waals surface area contributed by atoms with E-state index in [1.165, 1.54) is 12.3 Å². The third-order valence-electron chi connectivity index (χ3n) is 4.45. The second kappa shape index (κ2) is 7.95. The van der Waals surface area contributed by atoms with Crippen molar-refractivity contribution >= 4 is 28.8 Å². The average molecular weight is 447 g/mol. The molecule has 0 fully saturated rings. The predicted molar refractivity (Wildman–Crippen MR) is 110 cm³/mol. The normalized spacial score (nSPS) is 11.6. The summed E-state index contributed by atoms with van der Waals surface area (Å²) < 4.78 is 35.1. The fourth-order valence-corrected chi connectivity index (χ4v) is 3.22. The number of aryl methyl sites for hydroxylation is 1. The second-order valence-electron chi connectivity index (χ2n) is 6.81. The van der Waals surface area contributed by atoms with Gasteiger partial charge >= 0.3 is 5.38 Å². The summed E-state index contributed by atoms with van der Waals surface area (Å²) in [5.41, 5.74) is 1.17. The van der Waals surface area contributed by atoms with Crippen molar-refractivity contribution in [1.29, 1.82) is 0 Å². The minimum atomic E-state index is -3.66. The SMILES string of the molecule is COc1cccc(Cn2cc(NC(=O)c3cc4nc(C)cc(C(F)(F)Cl)n4n3)cn2)c1. The molecule has 1 amide bonds. The van der Waals surface area contributed by atoms with Crippen molar-refractivity contribution in [2.24, 2.45) is 0 Å². The van der Waals surface area contributed by atoms with Crippen LogP contribution in [0.2, 0.25) is 0 Å². The number of methoxy groups -OCH3 is 1. The number of ether oxygens (including phenoxy) is 1. The summed E-state index contributed by atoms with van der Waals surface area (Å²) in [6, 6.07) is 9.97. The van der Waals surface area contributed by atoms with Crippen LogP contribution in [-0.4, -0.2) is 37.4 Å². The zero-order chi connectivity index (χ0) is 22.2. The lowest BCUT2D eigenvalue weighted by Gasteiger charge is -2.10. The molecule has 160 valence electrons. The molecule has 0 bridgehead atoms. The van der Waals surface area contributed by atoms with Gasteiger partial charge in [-0.3, -0.25) is 9.48 Å². The number of alkyl halides is 3. The number of hydrogen-bond acceptors (Lipinski definition) is 5. The molecule has 0 atom stereocenters. The third kappa shape index (κ3) is 4.48. The Morgan fingerprint density at radius 3 is 2.84 bits per heavy atom. The van der Waals surface area contributed by atoms with E-state index in [9.17, 15) is 13.6 Å². The topological polar surface area (TPSA) is 86.3 Å². The molecule has 8 nitrogen and oxygen atoms in total. The highest BCUT2D eigenvalue weighted by Gasteiger charge is 2.32. The van der Waals surface area contributed by atoms with Crippen LogP contribution < -0.4 is 10.1 Å². The van der Waals surface area contributed by atoms with Gasteiger partial charge in [-0.1, -0.05) is 12.1 Å². The molecular formula is C20H17ClF2N6O2. The molecule has 11 heteroatoms. The van der Waals surface area contributed by atoms with Gasteiger partial charge in [0.25, 0.3) is 5.91 Å². The molecule has 0 saturated carbocycles. The van der Waals surface area contributed by atoms with Crippen LogP contribution in [0.1, 0.15) is 27.4 Å². The Morgan fingerprint density at radius 1 is 1.29 bits per heavy atom. The Hall–Kier alpha value is -3.53. The van der Waals surface area contributed by atoms with Crippen molar-refractivity contribution in [1.82, 2.24) is 24.4 Å². The largest absolute Gasteiger partial charge is 0.497 e. The molecule has 3 aromatic heterocycles. The summed E-state index contributed by atoms with van der Waals surface area (Å²) >= 11 is 5.18. The molecule has 0 spiro atoms. The third-order valence-corrected chi connectivity index (χ3v) is 4.64. The van der Waals surface area contributed by atoms with Crippen LogP contribution in [0.3, 0.4) is 0 Å². The number of halogens is 3. The number of amides is 1. The standard InChI is InChI=1S/C20H17ClF2N6O2/c1-12-6-17(20(21,22)23)29-18(25-12)8-16(27-29)19(30)26-14-9-24-28(11-14)10-13-4-3-5-15(7-13)31-2/h3-9,11H,10H2,1-2H3,(H,26,30). The van der Waals surface area contributed by atoms with E-state index in [4.69, 9.17) is 16.3 Å². The lowest BCUT2D eigenvalue weighted by atomic mass is 10.2. The summed E-state index contributed by atoms with van der Waals surface area (Å²) in [6.45, 7) is 2.02. The smallest absolute Gasteiger partial charge is 0.364 e. The number of nitrogens with one attached hydrogen (secondary N) is 1. The maximum absolute atomic E-state index is 13.7. The average Bonchev–Trinajstić information content (AvgIpc) is 3.33. The van der Waals surface area contributed by atoms with Crippen molar-refractivity contribution in [3.05, 3.63) is 71.4 Å². The zero-order valence-corrected chi connectivity index (χ0v) is 17.3. The molecule has 3 heterocycles. The highest BCUT2D eigenvalue weighted by Crippen LogP contribution is 2.32. The van der Waals surface area contributed by atoms with Gasteiger partial charge in [0.2, 0.25) is 0 Å². The van der Waals surface area contributed by atoms with Gasteiger partial charge in [-0.25, -0.2) is 9.50 Å². The molecule has 0 aliphatic heterocycles. The molecule has 1 N–H and O–H groups in total. The van der Waals surface area contributed by atoms with Crippen LogP contribution >= 0.6 is 11.6 Å². The van der Waals surface area contributed by atoms with Gasteiger partial charge < -0.3 is 10.1 Å². The Kier molecular flexibility index (Phi) is 5.32. The van der Waals surface area contributed by atoms with Crippen molar-refractivity contribution in [3.63, 3.8) is 0 Å². The van der Waals surface area contributed by atoms with Crippen molar-refractivity contribution < 1.29 is 18.3 Å². The van der Waals surface area contributed by atoms with E-state index >= 15 is 0 Å². The van der Waals surface area contributed by atoms with Gasteiger partial charge in [-0.05, 0) is 42.3 Å². The van der Waals surface area contributed by atoms with Gasteiger partial charge in [0.1, 0.15) is 11.4 Å². The van der Waals surface area contributed by atoms with Crippen LogP contribution in [-0.2, 0) is 11.9 Å². The highest BCUT2D eigenvalue weighted by molar-refractivity contribution is 6.21. The lowest BCUT2D eigenvalue weighted by molar-refractivity contribution is 0.0868. The highest BCUT2D eigenvalue weighted by atomic mass is 35.5. The quantitative estimate of drug-likeness (QED) is 0.455. The van der Waals surface area contributed by atoms with Crippen LogP contribution in [0.4, 0.5) is 14.5 Å². The van der Waals surface area contributed by atoms with Crippen molar-refractivity contribution in [2.45, 2.75) is 18.9 Å². The Morgan fingerprint density at radius 2 is 2.10 bits per heavy atom. The minimum Gasteiger partial charge on any atom is -0.497 e. The Labute approximate surface area is 180 Å². The predicted octanol–water partition coefficient (Wildman–Crippen LogP) is 3.83. The molecule has 4 aromatic rings. The molecule has 4 rings (SSSR count). The number of hydrogen-bond donors (Lipinski definition) is 1. The van der Waals surface area contributed by atoms with E-state index in [0.717, 1.165) is 21.9 Å². The van der Waals surface area contributed by atoms with E-state index in [0.29, 0.717) is 17.9 Å². The monoisotopic (exact) mass is 446 g/mol. The number of carbonyl (C=O) groups is 1. The number of fused-ring (bicyclic) bond motifs is 1. The minimum absolute atomic E-state index is 0.0826. The number of benzene rings is 1. The number of nitrogens with zero attached hydrogens (tertiary/aromatic N) is 5. The van der Waals surface area contributed by atoms with Crippen LogP contribution in [0.25, 0.3) is 5.65 Å². The summed E-state index contributed by atoms with van der Waals surface area (Å²) in [5.74, 6) is 0.142. The lowest BCUT2D eigenvalue weighted by Crippen LogP contribution is -2.15. The van der Waals surface area contributed by atoms with E-state index in [1.807, 2.05) is 24.3 Å². The van der Waals surface area contributed by atoms with E-state index in [1.54, 1.807) is 24.9 Å². The van der Waals surface area contributed by atoms with Crippen LogP contribution in [0, 0.1) is 6.92 Å². The van der Waals surface area contributed by atoms with E-state index in [2.05, 4.69) is 20.5 Å². The first kappa shape index (κ1) is 20.7. The Bertz CT molecular complexity index is 1260. The number of carbonyl (C=O) groups excluding carboxylic acids is 1. The maximum Gasteiger partial charge on any atom is 0.364 e. The molecule has 31 heavy (non-hydrogen) atoms. The molecule has 0 aliphatic rings. The van der Waals surface area contributed by atoms with Crippen molar-refractivity contribution in [3.8, 4) is 5.75 Å². The maximum atomic E-state index is 13.7. The number of aromatic nitrogens is 5. The zero-order valence-electron chi connectivity index (χ0n) is 16.5. The first-order valence-electron chi connectivity index (χ1n) is 9.14. The number of rotatable bonds is 6. The number of anilines is 1. The fraction of sp³-hybridized carbons (Fsp3) is 0.200. The molecule has 0 radical (unpaired) electrons. The summed E-state index contributed by atoms with van der Waals surface area (Å²) in [4.78, 5) is 16.7. The first-order chi connectivity index (χ1) is 14.7. The van der Waals surface area contributed by atoms with Gasteiger partial charge in [0.05, 0.1) is 25.5 Å². The molecule has 1 aromatic carbocycles. The molecular weight excluding hydrogens is 430 g/mol. The Balaban J connectivity index is 1.53. The van der Waals surface area contributed by atoms with Gasteiger partial charge in [0.15, 0.2) is 11.3 Å². The summed E-state index contributed by atoms with van der Waals surface area (Å²) in [7, 11) is 1.59. The van der Waals surface area contributed by atoms with Crippen LogP contribution in [0.15, 0.2) is 48.8 Å². The summed E-state index contributed by atoms with van der Waals surface area (Å²) in [5, 5.41) is 7.16. The van der Waals surface area contributed by atoms with Crippen LogP contribution in [0.5, 0.6) is 5.75 Å². The summed E-state index contributed by atoms with van der Waals surface area (Å²) in [6.07, 6.45) is 3.13. The molecule has 0 unspecified atom stereocenters. The molecule has 0 saturated heterocycles. The van der Waals surface area contributed by atoms with E-state index in [-0.39, 0.29) is 11.3 Å². The van der Waals surface area contributed by atoms with Gasteiger partial charge in [-0.2, -0.15) is 19.0 Å².